The summed E-state index contributed by atoms with van der Waals surface area (Å²) in [6, 6.07) is 2.54. The Morgan fingerprint density at radius 3 is 3.05 bits per heavy atom. The highest BCUT2D eigenvalue weighted by atomic mass is 15.4. The summed E-state index contributed by atoms with van der Waals surface area (Å²) in [5, 5.41) is 4.31. The third kappa shape index (κ3) is 1.98. The van der Waals surface area contributed by atoms with Gasteiger partial charge in [-0.15, -0.1) is 0 Å². The van der Waals surface area contributed by atoms with Crippen molar-refractivity contribution in [1.29, 1.82) is 0 Å². The molecule has 0 aromatic carbocycles. The first-order chi connectivity index (χ1) is 9.40. The smallest absolute Gasteiger partial charge is 0.123 e. The van der Waals surface area contributed by atoms with Crippen LogP contribution in [0.1, 0.15) is 30.4 Å². The SMILES string of the molecule is c1cnn(C2CN(Cc3ncc4n3CCCC4)C2)c1. The number of imidazole rings is 1. The number of aromatic nitrogens is 4. The van der Waals surface area contributed by atoms with Crippen molar-refractivity contribution in [3.63, 3.8) is 0 Å². The van der Waals surface area contributed by atoms with Gasteiger partial charge in [0.2, 0.25) is 0 Å². The summed E-state index contributed by atoms with van der Waals surface area (Å²) in [6.07, 6.45) is 9.79. The Hall–Kier alpha value is -1.62. The number of rotatable bonds is 3. The number of fused-ring (bicyclic) bond motifs is 1. The second-order valence-corrected chi connectivity index (χ2v) is 5.61. The fourth-order valence-corrected chi connectivity index (χ4v) is 3.16. The summed E-state index contributed by atoms with van der Waals surface area (Å²) in [5.74, 6) is 1.24. The standard InChI is InChI=1S/C14H19N5/c1-2-6-18-12(4-1)8-15-14(18)11-17-9-13(10-17)19-7-3-5-16-19/h3,5,7-8,13H,1-2,4,6,9-11H2. The van der Waals surface area contributed by atoms with Crippen LogP contribution in [0.15, 0.2) is 24.7 Å². The van der Waals surface area contributed by atoms with Crippen LogP contribution in [0.4, 0.5) is 0 Å². The lowest BCUT2D eigenvalue weighted by Gasteiger charge is -2.39. The van der Waals surface area contributed by atoms with Crippen LogP contribution >= 0.6 is 0 Å². The van der Waals surface area contributed by atoms with Gasteiger partial charge in [-0.2, -0.15) is 5.10 Å². The van der Waals surface area contributed by atoms with Gasteiger partial charge >= 0.3 is 0 Å². The van der Waals surface area contributed by atoms with Crippen LogP contribution in [0.3, 0.4) is 0 Å². The van der Waals surface area contributed by atoms with Crippen molar-refractivity contribution in [2.45, 2.75) is 38.4 Å². The zero-order valence-electron chi connectivity index (χ0n) is 11.1. The summed E-state index contributed by atoms with van der Waals surface area (Å²) < 4.78 is 4.49. The van der Waals surface area contributed by atoms with Gasteiger partial charge in [0.05, 0.1) is 12.6 Å². The van der Waals surface area contributed by atoms with Crippen molar-refractivity contribution in [3.05, 3.63) is 36.2 Å². The molecule has 0 atom stereocenters. The highest BCUT2D eigenvalue weighted by molar-refractivity contribution is 5.08. The topological polar surface area (TPSA) is 38.9 Å². The number of hydrogen-bond acceptors (Lipinski definition) is 3. The van der Waals surface area contributed by atoms with E-state index in [9.17, 15) is 0 Å². The molecule has 2 aliphatic heterocycles. The summed E-state index contributed by atoms with van der Waals surface area (Å²) in [5.41, 5.74) is 1.42. The second kappa shape index (κ2) is 4.49. The lowest BCUT2D eigenvalue weighted by atomic mass is 10.1. The van der Waals surface area contributed by atoms with Crippen LogP contribution in [0, 0.1) is 0 Å². The van der Waals surface area contributed by atoms with Gasteiger partial charge in [0.15, 0.2) is 0 Å². The minimum atomic E-state index is 0.547. The quantitative estimate of drug-likeness (QED) is 0.836. The first-order valence-electron chi connectivity index (χ1n) is 7.15. The highest BCUT2D eigenvalue weighted by Crippen LogP contribution is 2.24. The first-order valence-corrected chi connectivity index (χ1v) is 7.15. The van der Waals surface area contributed by atoms with Gasteiger partial charge in [0, 0.05) is 43.9 Å². The normalized spacial score (nSPS) is 20.2. The molecule has 1 fully saturated rings. The van der Waals surface area contributed by atoms with E-state index in [1.54, 1.807) is 0 Å². The molecule has 0 saturated carbocycles. The van der Waals surface area contributed by atoms with Crippen LogP contribution in [0.2, 0.25) is 0 Å². The Balaban J connectivity index is 1.40. The van der Waals surface area contributed by atoms with E-state index < -0.39 is 0 Å². The Kier molecular flexibility index (Phi) is 2.65. The average Bonchev–Trinajstić information content (AvgIpc) is 3.03. The van der Waals surface area contributed by atoms with E-state index in [0.29, 0.717) is 6.04 Å². The Morgan fingerprint density at radius 1 is 1.26 bits per heavy atom. The van der Waals surface area contributed by atoms with Crippen LogP contribution in [0.5, 0.6) is 0 Å². The molecular weight excluding hydrogens is 238 g/mol. The molecule has 0 spiro atoms. The van der Waals surface area contributed by atoms with Crippen molar-refractivity contribution in [3.8, 4) is 0 Å². The predicted octanol–water partition coefficient (Wildman–Crippen LogP) is 1.47. The number of likely N-dealkylation sites (tertiary alicyclic amines) is 1. The van der Waals surface area contributed by atoms with E-state index in [-0.39, 0.29) is 0 Å². The molecule has 0 unspecified atom stereocenters. The third-order valence-corrected chi connectivity index (χ3v) is 4.29. The van der Waals surface area contributed by atoms with Crippen molar-refractivity contribution in [2.24, 2.45) is 0 Å². The zero-order valence-corrected chi connectivity index (χ0v) is 11.1. The molecule has 0 radical (unpaired) electrons. The molecule has 4 rings (SSSR count). The molecule has 4 heterocycles. The molecule has 0 N–H and O–H groups in total. The maximum Gasteiger partial charge on any atom is 0.123 e. The second-order valence-electron chi connectivity index (χ2n) is 5.61. The zero-order chi connectivity index (χ0) is 12.7. The van der Waals surface area contributed by atoms with Crippen molar-refractivity contribution < 1.29 is 0 Å². The van der Waals surface area contributed by atoms with Crippen molar-refractivity contribution in [1.82, 2.24) is 24.2 Å². The van der Waals surface area contributed by atoms with Gasteiger partial charge in [-0.05, 0) is 25.3 Å². The third-order valence-electron chi connectivity index (χ3n) is 4.29. The number of hydrogen-bond donors (Lipinski definition) is 0. The molecule has 0 amide bonds. The minimum absolute atomic E-state index is 0.547. The van der Waals surface area contributed by atoms with Crippen LogP contribution in [-0.2, 0) is 19.5 Å². The molecular formula is C14H19N5. The van der Waals surface area contributed by atoms with Gasteiger partial charge in [-0.25, -0.2) is 4.98 Å². The highest BCUT2D eigenvalue weighted by Gasteiger charge is 2.29. The molecule has 5 nitrogen and oxygen atoms in total. The van der Waals surface area contributed by atoms with Gasteiger partial charge in [0.1, 0.15) is 5.82 Å². The molecule has 1 saturated heterocycles. The summed E-state index contributed by atoms with van der Waals surface area (Å²) >= 11 is 0. The Bertz CT molecular complexity index is 550. The Labute approximate surface area is 112 Å². The first kappa shape index (κ1) is 11.2. The van der Waals surface area contributed by atoms with Gasteiger partial charge < -0.3 is 4.57 Å². The Morgan fingerprint density at radius 2 is 2.21 bits per heavy atom. The van der Waals surface area contributed by atoms with Crippen LogP contribution in [0.25, 0.3) is 0 Å². The summed E-state index contributed by atoms with van der Waals surface area (Å²) in [7, 11) is 0. The molecule has 5 heteroatoms. The van der Waals surface area contributed by atoms with Gasteiger partial charge in [-0.3, -0.25) is 9.58 Å². The molecule has 2 aromatic heterocycles. The molecule has 2 aliphatic rings. The molecule has 100 valence electrons. The van der Waals surface area contributed by atoms with Crippen molar-refractivity contribution in [2.75, 3.05) is 13.1 Å². The maximum absolute atomic E-state index is 4.61. The van der Waals surface area contributed by atoms with Gasteiger partial charge in [-0.1, -0.05) is 0 Å². The molecule has 19 heavy (non-hydrogen) atoms. The lowest BCUT2D eigenvalue weighted by molar-refractivity contribution is 0.0865. The van der Waals surface area contributed by atoms with Gasteiger partial charge in [0.25, 0.3) is 0 Å². The monoisotopic (exact) mass is 257 g/mol. The summed E-state index contributed by atoms with van der Waals surface area (Å²) in [4.78, 5) is 7.06. The lowest BCUT2D eigenvalue weighted by Crippen LogP contribution is -2.47. The fraction of sp³-hybridized carbons (Fsp3) is 0.571. The molecule has 0 bridgehead atoms. The van der Waals surface area contributed by atoms with Crippen LogP contribution in [-0.4, -0.2) is 37.3 Å². The average molecular weight is 257 g/mol. The van der Waals surface area contributed by atoms with E-state index in [1.165, 1.54) is 30.8 Å². The fourth-order valence-electron chi connectivity index (χ4n) is 3.16. The summed E-state index contributed by atoms with van der Waals surface area (Å²) in [6.45, 7) is 4.31. The predicted molar refractivity (Wildman–Crippen MR) is 71.7 cm³/mol. The van der Waals surface area contributed by atoms with E-state index in [2.05, 4.69) is 36.6 Å². The van der Waals surface area contributed by atoms with E-state index in [0.717, 1.165) is 26.2 Å². The van der Waals surface area contributed by atoms with Crippen LogP contribution < -0.4 is 0 Å². The van der Waals surface area contributed by atoms with E-state index in [1.807, 2.05) is 12.3 Å². The maximum atomic E-state index is 4.61. The largest absolute Gasteiger partial charge is 0.331 e. The molecule has 0 aliphatic carbocycles. The number of nitrogens with zero attached hydrogens (tertiary/aromatic N) is 5. The minimum Gasteiger partial charge on any atom is -0.331 e. The van der Waals surface area contributed by atoms with Crippen molar-refractivity contribution >= 4 is 0 Å². The van der Waals surface area contributed by atoms with E-state index in [4.69, 9.17) is 0 Å². The van der Waals surface area contributed by atoms with E-state index >= 15 is 0 Å². The number of aryl methyl sites for hydroxylation is 1. The molecule has 2 aromatic rings.